The van der Waals surface area contributed by atoms with Crippen LogP contribution in [0.1, 0.15) is 13.8 Å². The Balaban J connectivity index is 3.92. The van der Waals surface area contributed by atoms with Gasteiger partial charge in [-0.2, -0.15) is 0 Å². The molecule has 0 saturated carbocycles. The lowest BCUT2D eigenvalue weighted by atomic mass is 10.3. The van der Waals surface area contributed by atoms with Gasteiger partial charge >= 0.3 is 0 Å². The van der Waals surface area contributed by atoms with Crippen molar-refractivity contribution in [1.29, 1.82) is 0 Å². The molecule has 0 aromatic carbocycles. The number of ether oxygens (including phenoxy) is 1. The molecule has 1 nitrogen and oxygen atoms in total. The van der Waals surface area contributed by atoms with Gasteiger partial charge in [0.1, 0.15) is 5.76 Å². The summed E-state index contributed by atoms with van der Waals surface area (Å²) in [5, 5.41) is 0. The molecule has 0 rings (SSSR count). The molecule has 0 radical (unpaired) electrons. The van der Waals surface area contributed by atoms with Crippen LogP contribution in [-0.4, -0.2) is 7.11 Å². The minimum atomic E-state index is 0.866. The highest BCUT2D eigenvalue weighted by Gasteiger charge is 1.90. The smallest absolute Gasteiger partial charge is 0.116 e. The monoisotopic (exact) mass is 112 g/mol. The molecule has 1 heteroatoms. The summed E-state index contributed by atoms with van der Waals surface area (Å²) in [6, 6.07) is 0. The average Bonchev–Trinajstić information content (AvgIpc) is 1.69. The van der Waals surface area contributed by atoms with Crippen molar-refractivity contribution >= 4 is 0 Å². The van der Waals surface area contributed by atoms with Crippen LogP contribution in [0, 0.1) is 0 Å². The lowest BCUT2D eigenvalue weighted by molar-refractivity contribution is 0.300. The zero-order valence-electron chi connectivity index (χ0n) is 5.69. The van der Waals surface area contributed by atoms with Crippen molar-refractivity contribution in [2.45, 2.75) is 13.8 Å². The van der Waals surface area contributed by atoms with Crippen molar-refractivity contribution in [2.75, 3.05) is 7.11 Å². The second-order valence-electron chi connectivity index (χ2n) is 1.64. The Kier molecular flexibility index (Phi) is 3.01. The molecule has 46 valence electrons. The third kappa shape index (κ3) is 1.82. The fourth-order valence-corrected chi connectivity index (χ4v) is 0.538. The van der Waals surface area contributed by atoms with Crippen molar-refractivity contribution in [1.82, 2.24) is 0 Å². The quantitative estimate of drug-likeness (QED) is 0.392. The van der Waals surface area contributed by atoms with Crippen LogP contribution in [0.15, 0.2) is 24.0 Å². The van der Waals surface area contributed by atoms with E-state index in [0.717, 1.165) is 11.3 Å². The second kappa shape index (κ2) is 3.30. The summed E-state index contributed by atoms with van der Waals surface area (Å²) in [6.07, 6.45) is 1.89. The predicted molar refractivity (Wildman–Crippen MR) is 35.6 cm³/mol. The molecule has 0 atom stereocenters. The maximum atomic E-state index is 4.92. The Hall–Kier alpha value is -0.720. The number of rotatable bonds is 2. The van der Waals surface area contributed by atoms with E-state index >= 15 is 0 Å². The molecular formula is C7H12O. The molecule has 0 heterocycles. The van der Waals surface area contributed by atoms with E-state index in [-0.39, 0.29) is 0 Å². The van der Waals surface area contributed by atoms with E-state index < -0.39 is 0 Å². The first-order chi connectivity index (χ1) is 3.72. The molecule has 0 N–H and O–H groups in total. The summed E-state index contributed by atoms with van der Waals surface area (Å²) in [4.78, 5) is 0. The standard InChI is InChI=1S/C7H12O/c1-5-7(8-4)6(2)3/h5H,2H2,1,3-4H3/b7-5-. The van der Waals surface area contributed by atoms with Gasteiger partial charge in [-0.25, -0.2) is 0 Å². The topological polar surface area (TPSA) is 9.23 Å². The summed E-state index contributed by atoms with van der Waals surface area (Å²) < 4.78 is 4.92. The van der Waals surface area contributed by atoms with E-state index in [2.05, 4.69) is 6.58 Å². The van der Waals surface area contributed by atoms with Gasteiger partial charge in [0.2, 0.25) is 0 Å². The highest BCUT2D eigenvalue weighted by atomic mass is 16.5. The zero-order chi connectivity index (χ0) is 6.57. The molecule has 8 heavy (non-hydrogen) atoms. The molecule has 0 amide bonds. The Morgan fingerprint density at radius 1 is 1.62 bits per heavy atom. The van der Waals surface area contributed by atoms with Gasteiger partial charge in [0.05, 0.1) is 7.11 Å². The normalized spacial score (nSPS) is 11.1. The van der Waals surface area contributed by atoms with Gasteiger partial charge in [0.15, 0.2) is 0 Å². The summed E-state index contributed by atoms with van der Waals surface area (Å²) in [7, 11) is 1.64. The van der Waals surface area contributed by atoms with Crippen molar-refractivity contribution in [3.63, 3.8) is 0 Å². The van der Waals surface area contributed by atoms with E-state index in [4.69, 9.17) is 4.74 Å². The molecule has 0 aliphatic rings. The Labute approximate surface area is 50.7 Å². The second-order valence-corrected chi connectivity index (χ2v) is 1.64. The molecular weight excluding hydrogens is 100 g/mol. The Bertz CT molecular complexity index is 112. The van der Waals surface area contributed by atoms with Crippen LogP contribution < -0.4 is 0 Å². The average molecular weight is 112 g/mol. The largest absolute Gasteiger partial charge is 0.497 e. The minimum Gasteiger partial charge on any atom is -0.497 e. The van der Waals surface area contributed by atoms with Crippen LogP contribution in [0.4, 0.5) is 0 Å². The van der Waals surface area contributed by atoms with Crippen LogP contribution >= 0.6 is 0 Å². The van der Waals surface area contributed by atoms with Gasteiger partial charge in [0.25, 0.3) is 0 Å². The number of methoxy groups -OCH3 is 1. The van der Waals surface area contributed by atoms with E-state index in [1.165, 1.54) is 0 Å². The lowest BCUT2D eigenvalue weighted by Gasteiger charge is -2.01. The van der Waals surface area contributed by atoms with Crippen molar-refractivity contribution in [3.8, 4) is 0 Å². The fourth-order valence-electron chi connectivity index (χ4n) is 0.538. The van der Waals surface area contributed by atoms with E-state index in [0.29, 0.717) is 0 Å². The molecule has 0 aromatic heterocycles. The molecule has 0 aromatic rings. The van der Waals surface area contributed by atoms with Crippen LogP contribution in [0.2, 0.25) is 0 Å². The van der Waals surface area contributed by atoms with Crippen LogP contribution in [0.5, 0.6) is 0 Å². The summed E-state index contributed by atoms with van der Waals surface area (Å²) in [5.74, 6) is 0.866. The van der Waals surface area contributed by atoms with Crippen molar-refractivity contribution in [3.05, 3.63) is 24.0 Å². The predicted octanol–water partition coefficient (Wildman–Crippen LogP) is 2.11. The van der Waals surface area contributed by atoms with E-state index in [1.807, 2.05) is 19.9 Å². The molecule has 0 fully saturated rings. The minimum absolute atomic E-state index is 0.866. The van der Waals surface area contributed by atoms with Crippen molar-refractivity contribution in [2.24, 2.45) is 0 Å². The van der Waals surface area contributed by atoms with Crippen LogP contribution in [0.3, 0.4) is 0 Å². The SMILES string of the molecule is C=C(C)/C(=C/C)OC. The highest BCUT2D eigenvalue weighted by Crippen LogP contribution is 2.04. The molecule has 0 saturated heterocycles. The Morgan fingerprint density at radius 3 is 2.12 bits per heavy atom. The summed E-state index contributed by atoms with van der Waals surface area (Å²) >= 11 is 0. The third-order valence-electron chi connectivity index (χ3n) is 0.903. The third-order valence-corrected chi connectivity index (χ3v) is 0.903. The molecule has 0 aliphatic carbocycles. The van der Waals surface area contributed by atoms with Crippen LogP contribution in [-0.2, 0) is 4.74 Å². The fraction of sp³-hybridized carbons (Fsp3) is 0.429. The maximum absolute atomic E-state index is 4.92. The highest BCUT2D eigenvalue weighted by molar-refractivity contribution is 5.18. The van der Waals surface area contributed by atoms with E-state index in [9.17, 15) is 0 Å². The summed E-state index contributed by atoms with van der Waals surface area (Å²) in [5.41, 5.74) is 0.968. The Morgan fingerprint density at radius 2 is 2.12 bits per heavy atom. The zero-order valence-corrected chi connectivity index (χ0v) is 5.69. The van der Waals surface area contributed by atoms with Gasteiger partial charge in [-0.1, -0.05) is 6.58 Å². The van der Waals surface area contributed by atoms with Crippen LogP contribution in [0.25, 0.3) is 0 Å². The lowest BCUT2D eigenvalue weighted by Crippen LogP contribution is -1.84. The van der Waals surface area contributed by atoms with Gasteiger partial charge in [-0.15, -0.1) is 0 Å². The number of hydrogen-bond acceptors (Lipinski definition) is 1. The van der Waals surface area contributed by atoms with Gasteiger partial charge in [-0.05, 0) is 25.5 Å². The maximum Gasteiger partial charge on any atom is 0.116 e. The molecule has 0 bridgehead atoms. The van der Waals surface area contributed by atoms with Gasteiger partial charge < -0.3 is 4.74 Å². The van der Waals surface area contributed by atoms with E-state index in [1.54, 1.807) is 7.11 Å². The molecule has 0 unspecified atom stereocenters. The number of hydrogen-bond donors (Lipinski definition) is 0. The summed E-state index contributed by atoms with van der Waals surface area (Å²) in [6.45, 7) is 7.54. The van der Waals surface area contributed by atoms with Crippen molar-refractivity contribution < 1.29 is 4.74 Å². The van der Waals surface area contributed by atoms with Gasteiger partial charge in [-0.3, -0.25) is 0 Å². The first-order valence-corrected chi connectivity index (χ1v) is 2.58. The van der Waals surface area contributed by atoms with Gasteiger partial charge in [0, 0.05) is 0 Å². The molecule has 0 aliphatic heterocycles. The number of allylic oxidation sites excluding steroid dienone is 2. The first kappa shape index (κ1) is 7.28. The molecule has 0 spiro atoms. The first-order valence-electron chi connectivity index (χ1n) is 2.58.